The van der Waals surface area contributed by atoms with E-state index in [1.54, 1.807) is 12.1 Å². The van der Waals surface area contributed by atoms with Crippen LogP contribution in [0, 0.1) is 13.8 Å². The van der Waals surface area contributed by atoms with Crippen molar-refractivity contribution in [2.24, 2.45) is 0 Å². The first-order chi connectivity index (χ1) is 15.8. The quantitative estimate of drug-likeness (QED) is 0.419. The second-order valence-corrected chi connectivity index (χ2v) is 9.71. The number of rotatable bonds is 6. The van der Waals surface area contributed by atoms with Crippen LogP contribution in [-0.4, -0.2) is 26.3 Å². The Labute approximate surface area is 199 Å². The van der Waals surface area contributed by atoms with Gasteiger partial charge in [-0.3, -0.25) is 14.2 Å². The highest BCUT2D eigenvalue weighted by Crippen LogP contribution is 2.25. The predicted molar refractivity (Wildman–Crippen MR) is 135 cm³/mol. The number of benzene rings is 2. The van der Waals surface area contributed by atoms with Crippen molar-refractivity contribution in [1.29, 1.82) is 0 Å². The first kappa shape index (κ1) is 23.0. The number of hydrogen-bond acceptors (Lipinski definition) is 6. The van der Waals surface area contributed by atoms with Crippen molar-refractivity contribution in [3.05, 3.63) is 80.0 Å². The number of amides is 1. The fourth-order valence-corrected chi connectivity index (χ4v) is 5.07. The fraction of sp³-hybridized carbons (Fsp3) is 0.250. The van der Waals surface area contributed by atoms with Gasteiger partial charge in [-0.05, 0) is 61.4 Å². The van der Waals surface area contributed by atoms with E-state index in [0.29, 0.717) is 20.4 Å². The smallest absolute Gasteiger partial charge is 0.324 e. The molecule has 7 nitrogen and oxygen atoms in total. The first-order valence-corrected chi connectivity index (χ1v) is 12.5. The van der Waals surface area contributed by atoms with Gasteiger partial charge in [-0.2, -0.15) is 0 Å². The van der Waals surface area contributed by atoms with Crippen LogP contribution in [0.3, 0.4) is 0 Å². The van der Waals surface area contributed by atoms with E-state index in [-0.39, 0.29) is 18.1 Å². The standard InChI is InChI=1S/C24H24N4O3S2/c1-5-16-9-11-17(12-10-16)28-22(30)20-21(26-23(32-4)33-20)27(24(28)31)13-19(29)25-18-8-6-7-14(2)15(18)3/h6-12H,5,13H2,1-4H3,(H,25,29). The molecule has 0 fully saturated rings. The summed E-state index contributed by atoms with van der Waals surface area (Å²) in [5.41, 5.74) is 3.49. The van der Waals surface area contributed by atoms with Crippen LogP contribution in [0.5, 0.6) is 0 Å². The van der Waals surface area contributed by atoms with Crippen LogP contribution in [0.25, 0.3) is 16.0 Å². The normalized spacial score (nSPS) is 11.2. The lowest BCUT2D eigenvalue weighted by atomic mass is 10.1. The van der Waals surface area contributed by atoms with Crippen molar-refractivity contribution in [2.45, 2.75) is 38.1 Å². The molecule has 1 amide bonds. The van der Waals surface area contributed by atoms with Gasteiger partial charge in [0.2, 0.25) is 5.91 Å². The Hall–Kier alpha value is -3.17. The maximum absolute atomic E-state index is 13.5. The summed E-state index contributed by atoms with van der Waals surface area (Å²) in [5, 5.41) is 2.89. The number of aryl methyl sites for hydroxylation is 2. The minimum Gasteiger partial charge on any atom is -0.324 e. The van der Waals surface area contributed by atoms with Crippen molar-refractivity contribution in [1.82, 2.24) is 14.1 Å². The third kappa shape index (κ3) is 4.38. The molecule has 2 aromatic heterocycles. The molecule has 4 aromatic rings. The average Bonchev–Trinajstić information content (AvgIpc) is 3.25. The molecule has 0 radical (unpaired) electrons. The molecule has 0 aliphatic rings. The summed E-state index contributed by atoms with van der Waals surface area (Å²) in [4.78, 5) is 44.1. The summed E-state index contributed by atoms with van der Waals surface area (Å²) < 4.78 is 3.40. The largest absolute Gasteiger partial charge is 0.337 e. The number of aromatic nitrogens is 3. The van der Waals surface area contributed by atoms with Gasteiger partial charge in [-0.25, -0.2) is 14.3 Å². The number of anilines is 1. The predicted octanol–water partition coefficient (Wildman–Crippen LogP) is 4.15. The number of nitrogens with one attached hydrogen (secondary N) is 1. The summed E-state index contributed by atoms with van der Waals surface area (Å²) in [6.07, 6.45) is 2.71. The SMILES string of the molecule is CCc1ccc(-n2c(=O)c3sc(SC)nc3n(CC(=O)Nc3cccc(C)c3C)c2=O)cc1. The van der Waals surface area contributed by atoms with Gasteiger partial charge in [0.25, 0.3) is 5.56 Å². The molecule has 33 heavy (non-hydrogen) atoms. The van der Waals surface area contributed by atoms with E-state index in [9.17, 15) is 14.4 Å². The molecule has 0 saturated carbocycles. The minimum absolute atomic E-state index is 0.233. The second kappa shape index (κ2) is 9.36. The van der Waals surface area contributed by atoms with Crippen molar-refractivity contribution in [2.75, 3.05) is 11.6 Å². The van der Waals surface area contributed by atoms with E-state index in [1.807, 2.05) is 57.4 Å². The number of carbonyl (C=O) groups excluding carboxylic acids is 1. The third-order valence-corrected chi connectivity index (χ3v) is 7.64. The van der Waals surface area contributed by atoms with Gasteiger partial charge >= 0.3 is 5.69 Å². The molecule has 0 atom stereocenters. The van der Waals surface area contributed by atoms with Crippen molar-refractivity contribution in [3.63, 3.8) is 0 Å². The zero-order valence-electron chi connectivity index (χ0n) is 18.8. The molecule has 2 aromatic carbocycles. The molecule has 2 heterocycles. The molecule has 170 valence electrons. The Morgan fingerprint density at radius 3 is 2.52 bits per heavy atom. The summed E-state index contributed by atoms with van der Waals surface area (Å²) in [5.74, 6) is -0.364. The van der Waals surface area contributed by atoms with Gasteiger partial charge in [0.05, 0.1) is 5.69 Å². The average molecular weight is 481 g/mol. The topological polar surface area (TPSA) is 86.0 Å². The molecule has 4 rings (SSSR count). The van der Waals surface area contributed by atoms with E-state index in [4.69, 9.17) is 0 Å². The maximum Gasteiger partial charge on any atom is 0.337 e. The van der Waals surface area contributed by atoms with E-state index in [1.165, 1.54) is 27.7 Å². The number of nitrogens with zero attached hydrogens (tertiary/aromatic N) is 3. The lowest BCUT2D eigenvalue weighted by Crippen LogP contribution is -2.40. The number of fused-ring (bicyclic) bond motifs is 1. The van der Waals surface area contributed by atoms with Gasteiger partial charge in [0, 0.05) is 5.69 Å². The van der Waals surface area contributed by atoms with E-state index in [2.05, 4.69) is 10.3 Å². The number of thioether (sulfide) groups is 1. The number of carbonyl (C=O) groups is 1. The van der Waals surface area contributed by atoms with Crippen LogP contribution >= 0.6 is 23.1 Å². The monoisotopic (exact) mass is 480 g/mol. The highest BCUT2D eigenvalue weighted by Gasteiger charge is 2.20. The Morgan fingerprint density at radius 2 is 1.85 bits per heavy atom. The van der Waals surface area contributed by atoms with Crippen LogP contribution in [0.1, 0.15) is 23.6 Å². The van der Waals surface area contributed by atoms with Gasteiger partial charge in [-0.1, -0.05) is 43.0 Å². The molecule has 0 bridgehead atoms. The first-order valence-electron chi connectivity index (χ1n) is 10.5. The summed E-state index contributed by atoms with van der Waals surface area (Å²) in [6.45, 7) is 5.68. The summed E-state index contributed by atoms with van der Waals surface area (Å²) >= 11 is 2.62. The minimum atomic E-state index is -0.592. The van der Waals surface area contributed by atoms with Crippen molar-refractivity contribution in [3.8, 4) is 5.69 Å². The molecule has 1 N–H and O–H groups in total. The molecular weight excluding hydrogens is 456 g/mol. The summed E-state index contributed by atoms with van der Waals surface area (Å²) in [6, 6.07) is 13.0. The van der Waals surface area contributed by atoms with Crippen LogP contribution in [0.2, 0.25) is 0 Å². The highest BCUT2D eigenvalue weighted by molar-refractivity contribution is 8.00. The van der Waals surface area contributed by atoms with Gasteiger partial charge in [0.15, 0.2) is 9.99 Å². The van der Waals surface area contributed by atoms with Crippen LogP contribution in [0.4, 0.5) is 5.69 Å². The molecule has 0 saturated heterocycles. The van der Waals surface area contributed by atoms with E-state index >= 15 is 0 Å². The van der Waals surface area contributed by atoms with Gasteiger partial charge in [0.1, 0.15) is 11.2 Å². The Kier molecular flexibility index (Phi) is 6.53. The Morgan fingerprint density at radius 1 is 1.12 bits per heavy atom. The molecule has 0 aliphatic heterocycles. The molecular formula is C24H24N4O3S2. The molecule has 0 unspecified atom stereocenters. The van der Waals surface area contributed by atoms with Crippen LogP contribution < -0.4 is 16.6 Å². The molecule has 0 spiro atoms. The van der Waals surface area contributed by atoms with Crippen LogP contribution in [-0.2, 0) is 17.8 Å². The Bertz CT molecular complexity index is 1470. The van der Waals surface area contributed by atoms with E-state index in [0.717, 1.165) is 27.7 Å². The van der Waals surface area contributed by atoms with Crippen molar-refractivity contribution < 1.29 is 4.79 Å². The zero-order chi connectivity index (χ0) is 23.7. The van der Waals surface area contributed by atoms with Gasteiger partial charge in [-0.15, -0.1) is 11.3 Å². The maximum atomic E-state index is 13.5. The Balaban J connectivity index is 1.83. The number of thiazole rings is 1. The van der Waals surface area contributed by atoms with E-state index < -0.39 is 11.2 Å². The number of hydrogen-bond donors (Lipinski definition) is 1. The lowest BCUT2D eigenvalue weighted by molar-refractivity contribution is -0.116. The fourth-order valence-electron chi connectivity index (χ4n) is 3.57. The second-order valence-electron chi connectivity index (χ2n) is 7.66. The summed E-state index contributed by atoms with van der Waals surface area (Å²) in [7, 11) is 0. The van der Waals surface area contributed by atoms with Crippen LogP contribution in [0.15, 0.2) is 56.4 Å². The molecule has 0 aliphatic carbocycles. The molecule has 9 heteroatoms. The van der Waals surface area contributed by atoms with Crippen molar-refractivity contribution >= 4 is 45.0 Å². The zero-order valence-corrected chi connectivity index (χ0v) is 20.5. The lowest BCUT2D eigenvalue weighted by Gasteiger charge is -2.13. The highest BCUT2D eigenvalue weighted by atomic mass is 32.2. The van der Waals surface area contributed by atoms with Gasteiger partial charge < -0.3 is 5.32 Å². The third-order valence-electron chi connectivity index (χ3n) is 5.62.